The van der Waals surface area contributed by atoms with Crippen molar-refractivity contribution < 1.29 is 0 Å². The Morgan fingerprint density at radius 2 is 2.32 bits per heavy atom. The fourth-order valence-electron chi connectivity index (χ4n) is 1.90. The smallest absolute Gasteiger partial charge is 0.0794 e. The zero-order valence-electron chi connectivity index (χ0n) is 10.7. The molecular formula is C14H16BrClN2S. The van der Waals surface area contributed by atoms with Crippen LogP contribution < -0.4 is 5.32 Å². The van der Waals surface area contributed by atoms with Crippen molar-refractivity contribution >= 4 is 38.9 Å². The van der Waals surface area contributed by atoms with Gasteiger partial charge in [0.15, 0.2) is 0 Å². The maximum absolute atomic E-state index is 6.19. The molecule has 1 aromatic heterocycles. The van der Waals surface area contributed by atoms with Crippen molar-refractivity contribution in [1.29, 1.82) is 0 Å². The number of halogens is 2. The fraction of sp³-hybridized carbons (Fsp3) is 0.357. The van der Waals surface area contributed by atoms with Crippen molar-refractivity contribution in [2.45, 2.75) is 25.8 Å². The summed E-state index contributed by atoms with van der Waals surface area (Å²) in [5.41, 5.74) is 3.09. The van der Waals surface area contributed by atoms with Gasteiger partial charge in [-0.05, 0) is 46.6 Å². The Morgan fingerprint density at radius 3 is 2.95 bits per heavy atom. The maximum Gasteiger partial charge on any atom is 0.0794 e. The van der Waals surface area contributed by atoms with Gasteiger partial charge in [0.1, 0.15) is 0 Å². The number of aromatic nitrogens is 1. The van der Waals surface area contributed by atoms with Crippen LogP contribution in [0.25, 0.3) is 0 Å². The van der Waals surface area contributed by atoms with E-state index in [1.54, 1.807) is 11.3 Å². The number of nitrogens with zero attached hydrogens (tertiary/aromatic N) is 1. The Bertz CT molecular complexity index is 516. The molecule has 0 spiro atoms. The molecule has 0 amide bonds. The molecular weight excluding hydrogens is 344 g/mol. The standard InChI is InChI=1S/C14H16BrClN2S/c1-2-5-18-14(7-11-8-17-9-19-11)10-3-4-12(15)13(16)6-10/h3-4,6,8-9,14,18H,2,5,7H2,1H3. The van der Waals surface area contributed by atoms with Crippen molar-refractivity contribution in [2.24, 2.45) is 0 Å². The first kappa shape index (κ1) is 15.0. The van der Waals surface area contributed by atoms with Gasteiger partial charge in [-0.2, -0.15) is 0 Å². The summed E-state index contributed by atoms with van der Waals surface area (Å²) in [6, 6.07) is 6.43. The highest BCUT2D eigenvalue weighted by Crippen LogP contribution is 2.28. The average molecular weight is 360 g/mol. The molecule has 1 unspecified atom stereocenters. The van der Waals surface area contributed by atoms with Gasteiger partial charge in [0.2, 0.25) is 0 Å². The summed E-state index contributed by atoms with van der Waals surface area (Å²) in [5.74, 6) is 0. The molecule has 2 nitrogen and oxygen atoms in total. The van der Waals surface area contributed by atoms with Gasteiger partial charge in [0.25, 0.3) is 0 Å². The minimum absolute atomic E-state index is 0.283. The second kappa shape index (κ2) is 7.39. The summed E-state index contributed by atoms with van der Waals surface area (Å²) in [4.78, 5) is 5.42. The fourth-order valence-corrected chi connectivity index (χ4v) is 2.98. The van der Waals surface area contributed by atoms with Crippen molar-refractivity contribution in [3.05, 3.63) is 49.8 Å². The molecule has 1 heterocycles. The average Bonchev–Trinajstić information content (AvgIpc) is 2.91. The Kier molecular flexibility index (Phi) is 5.82. The van der Waals surface area contributed by atoms with Gasteiger partial charge in [0, 0.05) is 28.0 Å². The zero-order valence-corrected chi connectivity index (χ0v) is 13.9. The largest absolute Gasteiger partial charge is 0.310 e. The first-order valence-corrected chi connectivity index (χ1v) is 8.31. The minimum atomic E-state index is 0.283. The van der Waals surface area contributed by atoms with Gasteiger partial charge in [-0.25, -0.2) is 0 Å². The van der Waals surface area contributed by atoms with E-state index in [-0.39, 0.29) is 6.04 Å². The maximum atomic E-state index is 6.19. The summed E-state index contributed by atoms with van der Waals surface area (Å²) >= 11 is 11.3. The van der Waals surface area contributed by atoms with Crippen LogP contribution >= 0.6 is 38.9 Å². The normalized spacial score (nSPS) is 12.6. The SMILES string of the molecule is CCCNC(Cc1cncs1)c1ccc(Br)c(Cl)c1. The van der Waals surface area contributed by atoms with E-state index in [0.29, 0.717) is 0 Å². The van der Waals surface area contributed by atoms with E-state index in [4.69, 9.17) is 11.6 Å². The predicted octanol–water partition coefficient (Wildman–Crippen LogP) is 4.84. The van der Waals surface area contributed by atoms with Gasteiger partial charge < -0.3 is 5.32 Å². The Balaban J connectivity index is 2.18. The van der Waals surface area contributed by atoms with Crippen molar-refractivity contribution in [3.8, 4) is 0 Å². The molecule has 1 N–H and O–H groups in total. The van der Waals surface area contributed by atoms with Crippen molar-refractivity contribution in [1.82, 2.24) is 10.3 Å². The molecule has 0 aliphatic carbocycles. The highest BCUT2D eigenvalue weighted by atomic mass is 79.9. The summed E-state index contributed by atoms with van der Waals surface area (Å²) in [5, 5.41) is 4.33. The molecule has 1 atom stereocenters. The zero-order chi connectivity index (χ0) is 13.7. The van der Waals surface area contributed by atoms with E-state index >= 15 is 0 Å². The summed E-state index contributed by atoms with van der Waals surface area (Å²) < 4.78 is 0.935. The monoisotopic (exact) mass is 358 g/mol. The van der Waals surface area contributed by atoms with E-state index in [2.05, 4.69) is 39.2 Å². The van der Waals surface area contributed by atoms with Crippen molar-refractivity contribution in [2.75, 3.05) is 6.54 Å². The molecule has 0 fully saturated rings. The molecule has 2 rings (SSSR count). The molecule has 5 heteroatoms. The molecule has 0 bridgehead atoms. The molecule has 0 aliphatic rings. The van der Waals surface area contributed by atoms with Crippen LogP contribution in [0.2, 0.25) is 5.02 Å². The number of benzene rings is 1. The molecule has 0 saturated heterocycles. The van der Waals surface area contributed by atoms with Crippen LogP contribution in [0.15, 0.2) is 34.4 Å². The second-order valence-electron chi connectivity index (χ2n) is 4.35. The Hall–Kier alpha value is -0.420. The third-order valence-electron chi connectivity index (χ3n) is 2.88. The number of rotatable bonds is 6. The van der Waals surface area contributed by atoms with Gasteiger partial charge in [-0.15, -0.1) is 11.3 Å². The lowest BCUT2D eigenvalue weighted by Gasteiger charge is -2.18. The molecule has 102 valence electrons. The molecule has 1 aromatic carbocycles. The predicted molar refractivity (Wildman–Crippen MR) is 86.0 cm³/mol. The lowest BCUT2D eigenvalue weighted by molar-refractivity contribution is 0.532. The van der Waals surface area contributed by atoms with Crippen LogP contribution in [-0.4, -0.2) is 11.5 Å². The van der Waals surface area contributed by atoms with Gasteiger partial charge in [0.05, 0.1) is 10.5 Å². The van der Waals surface area contributed by atoms with Crippen LogP contribution in [0.4, 0.5) is 0 Å². The van der Waals surface area contributed by atoms with E-state index in [1.165, 1.54) is 10.4 Å². The van der Waals surface area contributed by atoms with Gasteiger partial charge in [-0.1, -0.05) is 24.6 Å². The van der Waals surface area contributed by atoms with Crippen LogP contribution in [-0.2, 0) is 6.42 Å². The van der Waals surface area contributed by atoms with Gasteiger partial charge >= 0.3 is 0 Å². The van der Waals surface area contributed by atoms with Crippen LogP contribution in [0.3, 0.4) is 0 Å². The minimum Gasteiger partial charge on any atom is -0.310 e. The van der Waals surface area contributed by atoms with Crippen molar-refractivity contribution in [3.63, 3.8) is 0 Å². The number of nitrogens with one attached hydrogen (secondary N) is 1. The highest BCUT2D eigenvalue weighted by molar-refractivity contribution is 9.10. The number of thiazole rings is 1. The molecule has 0 saturated carbocycles. The topological polar surface area (TPSA) is 24.9 Å². The highest BCUT2D eigenvalue weighted by Gasteiger charge is 2.13. The summed E-state index contributed by atoms with van der Waals surface area (Å²) in [6.07, 6.45) is 4.00. The lowest BCUT2D eigenvalue weighted by atomic mass is 10.0. The first-order valence-electron chi connectivity index (χ1n) is 6.26. The lowest BCUT2D eigenvalue weighted by Crippen LogP contribution is -2.23. The summed E-state index contributed by atoms with van der Waals surface area (Å²) in [7, 11) is 0. The molecule has 2 aromatic rings. The van der Waals surface area contributed by atoms with E-state index in [0.717, 1.165) is 28.9 Å². The Morgan fingerprint density at radius 1 is 1.47 bits per heavy atom. The second-order valence-corrected chi connectivity index (χ2v) is 6.58. The van der Waals surface area contributed by atoms with Crippen LogP contribution in [0, 0.1) is 0 Å². The third kappa shape index (κ3) is 4.28. The quantitative estimate of drug-likeness (QED) is 0.798. The first-order chi connectivity index (χ1) is 9.20. The third-order valence-corrected chi connectivity index (χ3v) is 4.91. The van der Waals surface area contributed by atoms with E-state index in [9.17, 15) is 0 Å². The van der Waals surface area contributed by atoms with E-state index < -0.39 is 0 Å². The van der Waals surface area contributed by atoms with E-state index in [1.807, 2.05) is 23.8 Å². The molecule has 0 aliphatic heterocycles. The number of hydrogen-bond donors (Lipinski definition) is 1. The van der Waals surface area contributed by atoms with Crippen LogP contribution in [0.1, 0.15) is 29.8 Å². The molecule has 19 heavy (non-hydrogen) atoms. The Labute approximate surface area is 131 Å². The number of hydrogen-bond acceptors (Lipinski definition) is 3. The summed E-state index contributed by atoms with van der Waals surface area (Å²) in [6.45, 7) is 3.17. The van der Waals surface area contributed by atoms with Gasteiger partial charge in [-0.3, -0.25) is 4.98 Å². The molecule has 0 radical (unpaired) electrons. The van der Waals surface area contributed by atoms with Crippen LogP contribution in [0.5, 0.6) is 0 Å².